The molecular formula is C12H13F3N2O. The third-order valence-electron chi connectivity index (χ3n) is 2.80. The zero-order valence-electron chi connectivity index (χ0n) is 9.78. The molecule has 98 valence electrons. The maximum Gasteiger partial charge on any atom is 0.414 e. The largest absolute Gasteiger partial charge is 0.414 e. The van der Waals surface area contributed by atoms with E-state index in [4.69, 9.17) is 5.11 Å². The van der Waals surface area contributed by atoms with Gasteiger partial charge in [0, 0.05) is 13.0 Å². The summed E-state index contributed by atoms with van der Waals surface area (Å²) in [6.07, 6.45) is -7.51. The minimum atomic E-state index is -4.61. The molecule has 0 radical (unpaired) electrons. The first-order valence-corrected chi connectivity index (χ1v) is 5.62. The van der Waals surface area contributed by atoms with E-state index in [1.807, 2.05) is 6.92 Å². The fraction of sp³-hybridized carbons (Fsp3) is 0.417. The molecule has 0 bridgehead atoms. The van der Waals surface area contributed by atoms with E-state index in [1.165, 1.54) is 0 Å². The highest BCUT2D eigenvalue weighted by molar-refractivity contribution is 5.75. The smallest absolute Gasteiger partial charge is 0.383 e. The number of hydrogen-bond acceptors (Lipinski definition) is 2. The van der Waals surface area contributed by atoms with Crippen molar-refractivity contribution in [2.24, 2.45) is 0 Å². The fourth-order valence-corrected chi connectivity index (χ4v) is 1.92. The molecule has 1 aromatic heterocycles. The average Bonchev–Trinajstić information content (AvgIpc) is 2.64. The van der Waals surface area contributed by atoms with Gasteiger partial charge in [-0.25, -0.2) is 4.98 Å². The minimum Gasteiger partial charge on any atom is -0.383 e. The average molecular weight is 258 g/mol. The second kappa shape index (κ2) is 4.61. The van der Waals surface area contributed by atoms with E-state index in [2.05, 4.69) is 4.98 Å². The van der Waals surface area contributed by atoms with Crippen molar-refractivity contribution >= 4 is 11.0 Å². The number of para-hydroxylation sites is 2. The molecule has 6 heteroatoms. The Bertz CT molecular complexity index is 548. The Morgan fingerprint density at radius 1 is 1.33 bits per heavy atom. The van der Waals surface area contributed by atoms with Crippen LogP contribution in [0.5, 0.6) is 0 Å². The van der Waals surface area contributed by atoms with E-state index < -0.39 is 18.7 Å². The lowest BCUT2D eigenvalue weighted by Crippen LogP contribution is -2.31. The number of rotatable bonds is 3. The second-order valence-electron chi connectivity index (χ2n) is 4.02. The molecule has 0 aliphatic carbocycles. The predicted molar refractivity (Wildman–Crippen MR) is 61.2 cm³/mol. The van der Waals surface area contributed by atoms with Crippen molar-refractivity contribution in [1.82, 2.24) is 9.55 Å². The van der Waals surface area contributed by atoms with Crippen LogP contribution in [0.25, 0.3) is 11.0 Å². The fourth-order valence-electron chi connectivity index (χ4n) is 1.92. The summed E-state index contributed by atoms with van der Waals surface area (Å²) in [7, 11) is 0. The van der Waals surface area contributed by atoms with Crippen molar-refractivity contribution in [3.05, 3.63) is 30.1 Å². The normalized spacial score (nSPS) is 14.1. The number of nitrogens with zero attached hydrogens (tertiary/aromatic N) is 2. The van der Waals surface area contributed by atoms with E-state index in [-0.39, 0.29) is 5.82 Å². The molecule has 1 unspecified atom stereocenters. The van der Waals surface area contributed by atoms with Gasteiger partial charge in [-0.3, -0.25) is 0 Å². The third-order valence-corrected chi connectivity index (χ3v) is 2.80. The van der Waals surface area contributed by atoms with E-state index in [0.717, 1.165) is 5.52 Å². The molecule has 0 spiro atoms. The van der Waals surface area contributed by atoms with Crippen LogP contribution in [0.15, 0.2) is 24.3 Å². The van der Waals surface area contributed by atoms with Gasteiger partial charge < -0.3 is 9.67 Å². The Morgan fingerprint density at radius 3 is 2.61 bits per heavy atom. The van der Waals surface area contributed by atoms with Crippen LogP contribution in [0.4, 0.5) is 13.2 Å². The third kappa shape index (κ3) is 2.33. The van der Waals surface area contributed by atoms with Crippen LogP contribution < -0.4 is 0 Å². The van der Waals surface area contributed by atoms with Crippen molar-refractivity contribution in [3.63, 3.8) is 0 Å². The minimum absolute atomic E-state index is 0.253. The zero-order chi connectivity index (χ0) is 13.3. The number of fused-ring (bicyclic) bond motifs is 1. The number of aryl methyl sites for hydroxylation is 1. The highest BCUT2D eigenvalue weighted by atomic mass is 19.4. The van der Waals surface area contributed by atoms with Crippen molar-refractivity contribution in [2.75, 3.05) is 0 Å². The first-order chi connectivity index (χ1) is 8.43. The first kappa shape index (κ1) is 12.9. The van der Waals surface area contributed by atoms with Crippen LogP contribution in [0.3, 0.4) is 0 Å². The van der Waals surface area contributed by atoms with Crippen molar-refractivity contribution in [2.45, 2.75) is 32.2 Å². The summed E-state index contributed by atoms with van der Waals surface area (Å²) in [6.45, 7) is 2.35. The van der Waals surface area contributed by atoms with Gasteiger partial charge >= 0.3 is 6.18 Å². The predicted octanol–water partition coefficient (Wildman–Crippen LogP) is 2.52. The van der Waals surface area contributed by atoms with E-state index >= 15 is 0 Å². The van der Waals surface area contributed by atoms with Crippen LogP contribution in [0.2, 0.25) is 0 Å². The topological polar surface area (TPSA) is 38.0 Å². The van der Waals surface area contributed by atoms with Crippen molar-refractivity contribution < 1.29 is 18.3 Å². The quantitative estimate of drug-likeness (QED) is 0.918. The molecule has 18 heavy (non-hydrogen) atoms. The summed E-state index contributed by atoms with van der Waals surface area (Å²) < 4.78 is 38.7. The number of benzene rings is 1. The van der Waals surface area contributed by atoms with Gasteiger partial charge in [0.25, 0.3) is 0 Å². The zero-order valence-corrected chi connectivity index (χ0v) is 9.78. The molecule has 0 aliphatic rings. The summed E-state index contributed by atoms with van der Waals surface area (Å²) in [5, 5.41) is 9.11. The Morgan fingerprint density at radius 2 is 2.00 bits per heavy atom. The Labute approximate surface area is 102 Å². The van der Waals surface area contributed by atoms with Crippen LogP contribution in [0.1, 0.15) is 12.7 Å². The van der Waals surface area contributed by atoms with E-state index in [1.54, 1.807) is 28.8 Å². The van der Waals surface area contributed by atoms with E-state index in [0.29, 0.717) is 12.1 Å². The first-order valence-electron chi connectivity index (χ1n) is 5.62. The molecule has 2 rings (SSSR count). The lowest BCUT2D eigenvalue weighted by Gasteiger charge is -2.14. The molecule has 0 saturated heterocycles. The number of aliphatic hydroxyl groups excluding tert-OH is 1. The molecule has 1 atom stereocenters. The molecular weight excluding hydrogens is 245 g/mol. The lowest BCUT2D eigenvalue weighted by atomic mass is 10.2. The number of imidazole rings is 1. The highest BCUT2D eigenvalue weighted by Gasteiger charge is 2.39. The van der Waals surface area contributed by atoms with Crippen LogP contribution >= 0.6 is 0 Å². The molecule has 0 aliphatic heterocycles. The summed E-state index contributed by atoms with van der Waals surface area (Å²) in [4.78, 5) is 4.14. The van der Waals surface area contributed by atoms with Gasteiger partial charge in [0.2, 0.25) is 0 Å². The Hall–Kier alpha value is -1.56. The maximum atomic E-state index is 12.3. The number of alkyl halides is 3. The molecule has 2 aromatic rings. The van der Waals surface area contributed by atoms with Crippen LogP contribution in [-0.4, -0.2) is 26.9 Å². The van der Waals surface area contributed by atoms with Gasteiger partial charge in [-0.05, 0) is 19.1 Å². The SMILES string of the molecule is CCn1c(CC(O)C(F)(F)F)nc2ccccc21. The Balaban J connectivity index is 2.39. The van der Waals surface area contributed by atoms with Crippen molar-refractivity contribution in [3.8, 4) is 0 Å². The molecule has 3 nitrogen and oxygen atoms in total. The van der Waals surface area contributed by atoms with Gasteiger partial charge in [-0.2, -0.15) is 13.2 Å². The summed E-state index contributed by atoms with van der Waals surface area (Å²) in [6, 6.07) is 7.12. The monoisotopic (exact) mass is 258 g/mol. The lowest BCUT2D eigenvalue weighted by molar-refractivity contribution is -0.203. The number of aliphatic hydroxyl groups is 1. The number of halogens is 3. The van der Waals surface area contributed by atoms with Crippen molar-refractivity contribution in [1.29, 1.82) is 0 Å². The standard InChI is InChI=1S/C12H13F3N2O/c1-2-17-9-6-4-3-5-8(9)16-11(17)7-10(18)12(13,14)15/h3-6,10,18H,2,7H2,1H3. The summed E-state index contributed by atoms with van der Waals surface area (Å²) >= 11 is 0. The molecule has 0 saturated carbocycles. The van der Waals surface area contributed by atoms with Gasteiger partial charge in [-0.15, -0.1) is 0 Å². The maximum absolute atomic E-state index is 12.3. The van der Waals surface area contributed by atoms with E-state index in [9.17, 15) is 13.2 Å². The van der Waals surface area contributed by atoms with Gasteiger partial charge in [-0.1, -0.05) is 12.1 Å². The van der Waals surface area contributed by atoms with Crippen LogP contribution in [0, 0.1) is 0 Å². The molecule has 0 amide bonds. The summed E-state index contributed by atoms with van der Waals surface area (Å²) in [5.41, 5.74) is 1.42. The molecule has 1 N–H and O–H groups in total. The van der Waals surface area contributed by atoms with Gasteiger partial charge in [0.05, 0.1) is 11.0 Å². The number of aromatic nitrogens is 2. The Kier molecular flexibility index (Phi) is 3.30. The number of hydrogen-bond donors (Lipinski definition) is 1. The molecule has 1 aromatic carbocycles. The highest BCUT2D eigenvalue weighted by Crippen LogP contribution is 2.24. The summed E-state index contributed by atoms with van der Waals surface area (Å²) in [5.74, 6) is 0.253. The molecule has 1 heterocycles. The van der Waals surface area contributed by atoms with Gasteiger partial charge in [0.15, 0.2) is 6.10 Å². The van der Waals surface area contributed by atoms with Gasteiger partial charge in [0.1, 0.15) is 5.82 Å². The van der Waals surface area contributed by atoms with Crippen LogP contribution in [-0.2, 0) is 13.0 Å². The second-order valence-corrected chi connectivity index (χ2v) is 4.02. The molecule has 0 fully saturated rings.